The van der Waals surface area contributed by atoms with Crippen molar-refractivity contribution in [1.82, 2.24) is 10.2 Å². The Morgan fingerprint density at radius 2 is 1.74 bits per heavy atom. The number of carbonyl (C=O) groups is 1. The summed E-state index contributed by atoms with van der Waals surface area (Å²) < 4.78 is 5.46. The van der Waals surface area contributed by atoms with Crippen LogP contribution in [0.3, 0.4) is 0 Å². The zero-order valence-electron chi connectivity index (χ0n) is 16.1. The summed E-state index contributed by atoms with van der Waals surface area (Å²) in [7, 11) is 1.71. The predicted molar refractivity (Wildman–Crippen MR) is 110 cm³/mol. The molecular formula is C21H28N4O2. The van der Waals surface area contributed by atoms with Crippen molar-refractivity contribution in [2.75, 3.05) is 56.6 Å². The Morgan fingerprint density at radius 1 is 1.04 bits per heavy atom. The number of carbonyl (C=O) groups excluding carboxylic acids is 1. The van der Waals surface area contributed by atoms with E-state index in [-0.39, 0.29) is 6.03 Å². The Balaban J connectivity index is 1.38. The number of hydrogen-bond donors (Lipinski definition) is 2. The van der Waals surface area contributed by atoms with Gasteiger partial charge in [-0.3, -0.25) is 4.90 Å². The maximum absolute atomic E-state index is 12.0. The molecule has 6 heteroatoms. The van der Waals surface area contributed by atoms with Gasteiger partial charge in [0.05, 0.1) is 12.8 Å². The number of ether oxygens (including phenoxy) is 1. The summed E-state index contributed by atoms with van der Waals surface area (Å²) in [5, 5.41) is 5.79. The number of nitrogens with zero attached hydrogens (tertiary/aromatic N) is 2. The third kappa shape index (κ3) is 5.37. The van der Waals surface area contributed by atoms with Gasteiger partial charge >= 0.3 is 6.03 Å². The Labute approximate surface area is 161 Å². The fourth-order valence-corrected chi connectivity index (χ4v) is 3.24. The highest BCUT2D eigenvalue weighted by molar-refractivity contribution is 5.89. The monoisotopic (exact) mass is 368 g/mol. The number of benzene rings is 2. The minimum Gasteiger partial charge on any atom is -0.495 e. The van der Waals surface area contributed by atoms with E-state index in [1.807, 2.05) is 49.4 Å². The molecule has 1 saturated heterocycles. The van der Waals surface area contributed by atoms with Crippen LogP contribution in [0.25, 0.3) is 0 Å². The van der Waals surface area contributed by atoms with Crippen LogP contribution in [0.15, 0.2) is 48.5 Å². The fraction of sp³-hybridized carbons (Fsp3) is 0.381. The molecular weight excluding hydrogens is 340 g/mol. The molecule has 1 aliphatic heterocycles. The van der Waals surface area contributed by atoms with Crippen molar-refractivity contribution in [3.8, 4) is 5.75 Å². The maximum Gasteiger partial charge on any atom is 0.319 e. The molecule has 144 valence electrons. The van der Waals surface area contributed by atoms with Crippen LogP contribution in [0.4, 0.5) is 16.2 Å². The van der Waals surface area contributed by atoms with Gasteiger partial charge in [0.25, 0.3) is 0 Å². The summed E-state index contributed by atoms with van der Waals surface area (Å²) in [6, 6.07) is 15.8. The Morgan fingerprint density at radius 3 is 2.44 bits per heavy atom. The molecule has 0 aliphatic carbocycles. The standard InChI is InChI=1S/C21H28N4O2/c1-17-7-9-18(10-8-17)23-21(26)22-11-12-24-13-15-25(16-14-24)19-5-3-4-6-20(19)27-2/h3-10H,11-16H2,1-2H3,(H2,22,23,26). The largest absolute Gasteiger partial charge is 0.495 e. The Bertz CT molecular complexity index is 740. The van der Waals surface area contributed by atoms with Crippen molar-refractivity contribution in [1.29, 1.82) is 0 Å². The van der Waals surface area contributed by atoms with Crippen molar-refractivity contribution in [2.45, 2.75) is 6.92 Å². The van der Waals surface area contributed by atoms with Gasteiger partial charge in [-0.1, -0.05) is 29.8 Å². The number of piperazine rings is 1. The number of methoxy groups -OCH3 is 1. The minimum atomic E-state index is -0.161. The lowest BCUT2D eigenvalue weighted by atomic mass is 10.2. The quantitative estimate of drug-likeness (QED) is 0.823. The highest BCUT2D eigenvalue weighted by atomic mass is 16.5. The molecule has 2 N–H and O–H groups in total. The summed E-state index contributed by atoms with van der Waals surface area (Å²) in [6.07, 6.45) is 0. The number of aryl methyl sites for hydroxylation is 1. The lowest BCUT2D eigenvalue weighted by Gasteiger charge is -2.36. The first-order valence-electron chi connectivity index (χ1n) is 9.37. The van der Waals surface area contributed by atoms with Crippen molar-refractivity contribution < 1.29 is 9.53 Å². The van der Waals surface area contributed by atoms with E-state index < -0.39 is 0 Å². The van der Waals surface area contributed by atoms with Gasteiger partial charge in [0.1, 0.15) is 5.75 Å². The molecule has 0 bridgehead atoms. The molecule has 2 amide bonds. The number of rotatable bonds is 6. The molecule has 1 fully saturated rings. The molecule has 3 rings (SSSR count). The summed E-state index contributed by atoms with van der Waals surface area (Å²) in [5.41, 5.74) is 3.13. The molecule has 2 aromatic carbocycles. The van der Waals surface area contributed by atoms with Gasteiger partial charge in [-0.05, 0) is 31.2 Å². The number of urea groups is 1. The SMILES string of the molecule is COc1ccccc1N1CCN(CCNC(=O)Nc2ccc(C)cc2)CC1. The smallest absolute Gasteiger partial charge is 0.319 e. The van der Waals surface area contributed by atoms with Gasteiger partial charge in [-0.2, -0.15) is 0 Å². The highest BCUT2D eigenvalue weighted by Gasteiger charge is 2.19. The van der Waals surface area contributed by atoms with Gasteiger partial charge in [0.15, 0.2) is 0 Å². The van der Waals surface area contributed by atoms with E-state index in [0.29, 0.717) is 6.54 Å². The fourth-order valence-electron chi connectivity index (χ4n) is 3.24. The van der Waals surface area contributed by atoms with Crippen LogP contribution < -0.4 is 20.3 Å². The van der Waals surface area contributed by atoms with Gasteiger partial charge in [0, 0.05) is 45.0 Å². The second-order valence-corrected chi connectivity index (χ2v) is 6.75. The third-order valence-corrected chi connectivity index (χ3v) is 4.82. The highest BCUT2D eigenvalue weighted by Crippen LogP contribution is 2.28. The minimum absolute atomic E-state index is 0.161. The van der Waals surface area contributed by atoms with Gasteiger partial charge in [-0.15, -0.1) is 0 Å². The first-order chi connectivity index (χ1) is 13.2. The van der Waals surface area contributed by atoms with Crippen LogP contribution in [0.5, 0.6) is 5.75 Å². The van der Waals surface area contributed by atoms with E-state index in [1.54, 1.807) is 7.11 Å². The molecule has 27 heavy (non-hydrogen) atoms. The predicted octanol–water partition coefficient (Wildman–Crippen LogP) is 2.95. The second kappa shape index (κ2) is 9.28. The molecule has 0 aromatic heterocycles. The summed E-state index contributed by atoms with van der Waals surface area (Å²) in [5.74, 6) is 0.917. The summed E-state index contributed by atoms with van der Waals surface area (Å²) in [6.45, 7) is 7.36. The van der Waals surface area contributed by atoms with E-state index in [4.69, 9.17) is 4.74 Å². The van der Waals surface area contributed by atoms with E-state index in [0.717, 1.165) is 49.8 Å². The van der Waals surface area contributed by atoms with E-state index >= 15 is 0 Å². The average Bonchev–Trinajstić information content (AvgIpc) is 2.70. The van der Waals surface area contributed by atoms with Crippen LogP contribution in [0.1, 0.15) is 5.56 Å². The number of para-hydroxylation sites is 2. The first-order valence-corrected chi connectivity index (χ1v) is 9.37. The van der Waals surface area contributed by atoms with Crippen LogP contribution in [0, 0.1) is 6.92 Å². The topological polar surface area (TPSA) is 56.8 Å². The number of anilines is 2. The summed E-state index contributed by atoms with van der Waals surface area (Å²) in [4.78, 5) is 16.7. The van der Waals surface area contributed by atoms with Crippen molar-refractivity contribution in [2.24, 2.45) is 0 Å². The van der Waals surface area contributed by atoms with Crippen LogP contribution >= 0.6 is 0 Å². The van der Waals surface area contributed by atoms with Crippen molar-refractivity contribution in [3.63, 3.8) is 0 Å². The average molecular weight is 368 g/mol. The van der Waals surface area contributed by atoms with Crippen LogP contribution in [0.2, 0.25) is 0 Å². The van der Waals surface area contributed by atoms with Crippen molar-refractivity contribution in [3.05, 3.63) is 54.1 Å². The zero-order valence-corrected chi connectivity index (χ0v) is 16.1. The van der Waals surface area contributed by atoms with Crippen molar-refractivity contribution >= 4 is 17.4 Å². The second-order valence-electron chi connectivity index (χ2n) is 6.75. The Hall–Kier alpha value is -2.73. The molecule has 0 spiro atoms. The van der Waals surface area contributed by atoms with Crippen LogP contribution in [-0.2, 0) is 0 Å². The molecule has 0 atom stereocenters. The van der Waals surface area contributed by atoms with E-state index in [1.165, 1.54) is 5.56 Å². The molecule has 1 aliphatic rings. The first kappa shape index (κ1) is 19.0. The van der Waals surface area contributed by atoms with Crippen LogP contribution in [-0.4, -0.2) is 57.3 Å². The zero-order chi connectivity index (χ0) is 19.1. The number of hydrogen-bond acceptors (Lipinski definition) is 4. The molecule has 2 aromatic rings. The lowest BCUT2D eigenvalue weighted by Crippen LogP contribution is -2.48. The van der Waals surface area contributed by atoms with E-state index in [9.17, 15) is 4.79 Å². The number of amides is 2. The summed E-state index contributed by atoms with van der Waals surface area (Å²) >= 11 is 0. The molecule has 0 radical (unpaired) electrons. The third-order valence-electron chi connectivity index (χ3n) is 4.82. The van der Waals surface area contributed by atoms with Gasteiger partial charge in [-0.25, -0.2) is 4.79 Å². The maximum atomic E-state index is 12.0. The lowest BCUT2D eigenvalue weighted by molar-refractivity contribution is 0.240. The molecule has 0 unspecified atom stereocenters. The van der Waals surface area contributed by atoms with Gasteiger partial charge in [0.2, 0.25) is 0 Å². The van der Waals surface area contributed by atoms with Gasteiger partial charge < -0.3 is 20.3 Å². The normalized spacial score (nSPS) is 14.7. The number of nitrogens with one attached hydrogen (secondary N) is 2. The molecule has 0 saturated carbocycles. The molecule has 1 heterocycles. The van der Waals surface area contributed by atoms with E-state index in [2.05, 4.69) is 26.5 Å². The molecule has 6 nitrogen and oxygen atoms in total. The Kier molecular flexibility index (Phi) is 6.54.